The van der Waals surface area contributed by atoms with E-state index < -0.39 is 11.6 Å². The van der Waals surface area contributed by atoms with Crippen LogP contribution in [-0.4, -0.2) is 28.3 Å². The fraction of sp³-hybridized carbons (Fsp3) is 0.476. The molecule has 0 N–H and O–H groups in total. The molecule has 0 spiro atoms. The van der Waals surface area contributed by atoms with Gasteiger partial charge in [-0.1, -0.05) is 37.2 Å². The number of aromatic nitrogens is 2. The van der Waals surface area contributed by atoms with Crippen LogP contribution in [0.2, 0.25) is 0 Å². The van der Waals surface area contributed by atoms with Crippen LogP contribution in [0.25, 0.3) is 0 Å². The Morgan fingerprint density at radius 3 is 2.56 bits per heavy atom. The van der Waals surface area contributed by atoms with Gasteiger partial charge in [0.25, 0.3) is 0 Å². The van der Waals surface area contributed by atoms with Gasteiger partial charge in [-0.25, -0.2) is 4.79 Å². The van der Waals surface area contributed by atoms with Gasteiger partial charge in [0.1, 0.15) is 11.4 Å². The Labute approximate surface area is 160 Å². The van der Waals surface area contributed by atoms with E-state index in [1.54, 1.807) is 0 Å². The molecule has 6 heteroatoms. The molecule has 0 fully saturated rings. The third-order valence-electron chi connectivity index (χ3n) is 3.61. The van der Waals surface area contributed by atoms with E-state index in [4.69, 9.17) is 14.0 Å². The molecule has 0 atom stereocenters. The minimum Gasteiger partial charge on any atom is -0.494 e. The first-order valence-corrected chi connectivity index (χ1v) is 9.21. The summed E-state index contributed by atoms with van der Waals surface area (Å²) in [5.74, 6) is 1.30. The Kier molecular flexibility index (Phi) is 7.16. The van der Waals surface area contributed by atoms with Crippen molar-refractivity contribution in [3.63, 3.8) is 0 Å². The van der Waals surface area contributed by atoms with Crippen molar-refractivity contribution in [2.45, 2.75) is 59.0 Å². The quantitative estimate of drug-likeness (QED) is 0.371. The van der Waals surface area contributed by atoms with Crippen LogP contribution in [0.1, 0.15) is 57.8 Å². The Bertz CT molecular complexity index is 757. The third-order valence-corrected chi connectivity index (χ3v) is 3.61. The Morgan fingerprint density at radius 1 is 1.22 bits per heavy atom. The number of hydrogen-bond donors (Lipinski definition) is 0. The van der Waals surface area contributed by atoms with Crippen LogP contribution < -0.4 is 4.74 Å². The highest BCUT2D eigenvalue weighted by Gasteiger charge is 2.20. The monoisotopic (exact) mass is 372 g/mol. The first kappa shape index (κ1) is 20.7. The van der Waals surface area contributed by atoms with E-state index in [0.717, 1.165) is 30.8 Å². The Hall–Kier alpha value is -2.63. The standard InChI is InChI=1S/C21H28N2O4/c1-6-7-12-25-17-10-8-16(9-11-17)14-18-22-19(27-23-18)13-15(2)20(24)26-21(3,4)5/h8-11H,2,6-7,12-14H2,1,3-5H3. The molecule has 0 unspecified atom stereocenters. The van der Waals surface area contributed by atoms with Crippen LogP contribution in [0.4, 0.5) is 0 Å². The van der Waals surface area contributed by atoms with Gasteiger partial charge < -0.3 is 14.0 Å². The molecular weight excluding hydrogens is 344 g/mol. The third kappa shape index (κ3) is 7.25. The van der Waals surface area contributed by atoms with Crippen LogP contribution in [0.5, 0.6) is 5.75 Å². The molecular formula is C21H28N2O4. The molecule has 0 aliphatic carbocycles. The summed E-state index contributed by atoms with van der Waals surface area (Å²) in [5.41, 5.74) is 0.775. The number of nitrogens with zero attached hydrogens (tertiary/aromatic N) is 2. The lowest BCUT2D eigenvalue weighted by atomic mass is 10.1. The maximum Gasteiger partial charge on any atom is 0.334 e. The van der Waals surface area contributed by atoms with Crippen LogP contribution in [-0.2, 0) is 22.4 Å². The van der Waals surface area contributed by atoms with E-state index in [-0.39, 0.29) is 12.0 Å². The van der Waals surface area contributed by atoms with Gasteiger partial charge >= 0.3 is 5.97 Å². The number of esters is 1. The van der Waals surface area contributed by atoms with Gasteiger partial charge in [-0.2, -0.15) is 4.98 Å². The van der Waals surface area contributed by atoms with E-state index >= 15 is 0 Å². The second kappa shape index (κ2) is 9.35. The zero-order valence-electron chi connectivity index (χ0n) is 16.6. The van der Waals surface area contributed by atoms with Crippen LogP contribution >= 0.6 is 0 Å². The number of benzene rings is 1. The van der Waals surface area contributed by atoms with Gasteiger partial charge in [0.15, 0.2) is 5.82 Å². The lowest BCUT2D eigenvalue weighted by Gasteiger charge is -2.19. The second-order valence-electron chi connectivity index (χ2n) is 7.41. The predicted octanol–water partition coefficient (Wildman–Crippen LogP) is 4.28. The van der Waals surface area contributed by atoms with Crippen LogP contribution in [0, 0.1) is 0 Å². The summed E-state index contributed by atoms with van der Waals surface area (Å²) in [6.45, 7) is 12.0. The average molecular weight is 372 g/mol. The molecule has 146 valence electrons. The maximum atomic E-state index is 12.0. The molecule has 2 rings (SSSR count). The topological polar surface area (TPSA) is 74.5 Å². The van der Waals surface area contributed by atoms with E-state index in [1.165, 1.54) is 0 Å². The van der Waals surface area contributed by atoms with Gasteiger partial charge in [0, 0.05) is 12.0 Å². The summed E-state index contributed by atoms with van der Waals surface area (Å²) in [5, 5.41) is 3.97. The van der Waals surface area contributed by atoms with Crippen LogP contribution in [0.3, 0.4) is 0 Å². The first-order chi connectivity index (χ1) is 12.8. The molecule has 0 amide bonds. The van der Waals surface area contributed by atoms with Crippen molar-refractivity contribution < 1.29 is 18.8 Å². The molecule has 27 heavy (non-hydrogen) atoms. The highest BCUT2D eigenvalue weighted by Crippen LogP contribution is 2.16. The predicted molar refractivity (Wildman–Crippen MR) is 103 cm³/mol. The number of carbonyl (C=O) groups is 1. The summed E-state index contributed by atoms with van der Waals surface area (Å²) in [6, 6.07) is 7.85. The van der Waals surface area contributed by atoms with Crippen molar-refractivity contribution in [3.8, 4) is 5.75 Å². The van der Waals surface area contributed by atoms with Gasteiger partial charge in [-0.3, -0.25) is 0 Å². The molecule has 0 saturated carbocycles. The molecule has 1 aromatic carbocycles. The van der Waals surface area contributed by atoms with E-state index in [0.29, 0.717) is 18.1 Å². The van der Waals surface area contributed by atoms with Crippen molar-refractivity contribution in [2.75, 3.05) is 6.61 Å². The summed E-state index contributed by atoms with van der Waals surface area (Å²) < 4.78 is 16.2. The van der Waals surface area contributed by atoms with Crippen LogP contribution in [0.15, 0.2) is 40.9 Å². The molecule has 0 aliphatic rings. The molecule has 0 saturated heterocycles. The molecule has 6 nitrogen and oxygen atoms in total. The Morgan fingerprint density at radius 2 is 1.93 bits per heavy atom. The van der Waals surface area contributed by atoms with Crippen molar-refractivity contribution in [1.82, 2.24) is 10.1 Å². The minimum atomic E-state index is -0.563. The molecule has 2 aromatic rings. The van der Waals surface area contributed by atoms with E-state index in [9.17, 15) is 4.79 Å². The van der Waals surface area contributed by atoms with E-state index in [1.807, 2.05) is 45.0 Å². The molecule has 1 heterocycles. The summed E-state index contributed by atoms with van der Waals surface area (Å²) in [4.78, 5) is 16.3. The highest BCUT2D eigenvalue weighted by atomic mass is 16.6. The molecule has 0 bridgehead atoms. The largest absolute Gasteiger partial charge is 0.494 e. The smallest absolute Gasteiger partial charge is 0.334 e. The molecule has 0 aliphatic heterocycles. The van der Waals surface area contributed by atoms with Gasteiger partial charge in [0.2, 0.25) is 5.89 Å². The zero-order valence-corrected chi connectivity index (χ0v) is 16.6. The number of unbranched alkanes of at least 4 members (excludes halogenated alkanes) is 1. The van der Waals surface area contributed by atoms with Crippen molar-refractivity contribution in [2.24, 2.45) is 0 Å². The van der Waals surface area contributed by atoms with Crippen molar-refractivity contribution in [3.05, 3.63) is 53.7 Å². The fourth-order valence-electron chi connectivity index (χ4n) is 2.26. The zero-order chi connectivity index (χ0) is 19.9. The fourth-order valence-corrected chi connectivity index (χ4v) is 2.26. The van der Waals surface area contributed by atoms with Gasteiger partial charge in [-0.05, 0) is 44.9 Å². The number of ether oxygens (including phenoxy) is 2. The first-order valence-electron chi connectivity index (χ1n) is 9.21. The molecule has 0 radical (unpaired) electrons. The normalized spacial score (nSPS) is 11.3. The lowest BCUT2D eigenvalue weighted by molar-refractivity contribution is -0.150. The second-order valence-corrected chi connectivity index (χ2v) is 7.41. The van der Waals surface area contributed by atoms with Crippen molar-refractivity contribution >= 4 is 5.97 Å². The summed E-state index contributed by atoms with van der Waals surface area (Å²) in [6.07, 6.45) is 2.87. The van der Waals surface area contributed by atoms with Gasteiger partial charge in [0.05, 0.1) is 13.0 Å². The number of hydrogen-bond acceptors (Lipinski definition) is 6. The van der Waals surface area contributed by atoms with E-state index in [2.05, 4.69) is 23.6 Å². The minimum absolute atomic E-state index is 0.173. The van der Waals surface area contributed by atoms with Crippen molar-refractivity contribution in [1.29, 1.82) is 0 Å². The Balaban J connectivity index is 1.88. The molecule has 1 aromatic heterocycles. The number of carbonyl (C=O) groups excluding carboxylic acids is 1. The maximum absolute atomic E-state index is 12.0. The van der Waals surface area contributed by atoms with Gasteiger partial charge in [-0.15, -0.1) is 0 Å². The number of rotatable bonds is 9. The summed E-state index contributed by atoms with van der Waals surface area (Å²) in [7, 11) is 0. The SMILES string of the molecule is C=C(Cc1nc(Cc2ccc(OCCCC)cc2)no1)C(=O)OC(C)(C)C. The average Bonchev–Trinajstić information content (AvgIpc) is 3.02. The highest BCUT2D eigenvalue weighted by molar-refractivity contribution is 5.88. The lowest BCUT2D eigenvalue weighted by Crippen LogP contribution is -2.25. The summed E-state index contributed by atoms with van der Waals surface area (Å²) >= 11 is 0.